The number of aromatic nitrogens is 2. The summed E-state index contributed by atoms with van der Waals surface area (Å²) in [7, 11) is 3.25. The number of hydrogen-bond acceptors (Lipinski definition) is 5. The molecule has 8 nitrogen and oxygen atoms in total. The number of hydrogen-bond donors (Lipinski definition) is 2. The van der Waals surface area contributed by atoms with Gasteiger partial charge in [-0.3, -0.25) is 4.79 Å². The first kappa shape index (κ1) is 25.6. The Morgan fingerprint density at radius 1 is 1.28 bits per heavy atom. The number of carboxylic acids is 1. The average Bonchev–Trinajstić information content (AvgIpc) is 3.14. The van der Waals surface area contributed by atoms with Crippen molar-refractivity contribution in [1.29, 1.82) is 0 Å². The van der Waals surface area contributed by atoms with Gasteiger partial charge >= 0.3 is 5.97 Å². The van der Waals surface area contributed by atoms with Gasteiger partial charge in [-0.1, -0.05) is 0 Å². The third-order valence-corrected chi connectivity index (χ3v) is 6.53. The Morgan fingerprint density at radius 3 is 2.58 bits per heavy atom. The molecule has 0 unspecified atom stereocenters. The van der Waals surface area contributed by atoms with Crippen LogP contribution in [0.1, 0.15) is 66.2 Å². The van der Waals surface area contributed by atoms with Crippen LogP contribution in [-0.4, -0.2) is 45.8 Å². The summed E-state index contributed by atoms with van der Waals surface area (Å²) in [6, 6.07) is 3.06. The molecule has 0 spiro atoms. The largest absolute Gasteiger partial charge is 0.490 e. The molecule has 0 fully saturated rings. The van der Waals surface area contributed by atoms with E-state index >= 15 is 4.39 Å². The number of fused-ring (bicyclic) bond motifs is 2. The van der Waals surface area contributed by atoms with Gasteiger partial charge in [-0.15, -0.1) is 0 Å². The smallest absolute Gasteiger partial charge is 0.337 e. The number of pyridine rings is 1. The van der Waals surface area contributed by atoms with Gasteiger partial charge in [-0.25, -0.2) is 14.2 Å². The normalized spacial score (nSPS) is 14.3. The predicted molar refractivity (Wildman–Crippen MR) is 134 cm³/mol. The van der Waals surface area contributed by atoms with Crippen LogP contribution in [0.15, 0.2) is 12.1 Å². The first-order valence-electron chi connectivity index (χ1n) is 11.9. The van der Waals surface area contributed by atoms with E-state index in [-0.39, 0.29) is 11.7 Å². The number of rotatable bonds is 5. The lowest BCUT2D eigenvalue weighted by Gasteiger charge is -2.29. The number of ether oxygens (including phenoxy) is 2. The Bertz CT molecular complexity index is 1390. The van der Waals surface area contributed by atoms with E-state index in [0.29, 0.717) is 52.1 Å². The van der Waals surface area contributed by atoms with Gasteiger partial charge < -0.3 is 24.5 Å². The van der Waals surface area contributed by atoms with E-state index in [9.17, 15) is 14.7 Å². The van der Waals surface area contributed by atoms with Crippen molar-refractivity contribution in [3.05, 3.63) is 46.0 Å². The molecule has 2 aromatic heterocycles. The molecule has 3 heterocycles. The minimum absolute atomic E-state index is 0.242. The summed E-state index contributed by atoms with van der Waals surface area (Å²) in [5, 5.41) is 13.4. The number of nitrogens with one attached hydrogen (secondary N) is 1. The first-order valence-corrected chi connectivity index (χ1v) is 11.9. The second kappa shape index (κ2) is 9.20. The van der Waals surface area contributed by atoms with Crippen molar-refractivity contribution in [2.75, 3.05) is 13.7 Å². The molecular formula is C27H32FN3O5. The molecule has 36 heavy (non-hydrogen) atoms. The summed E-state index contributed by atoms with van der Waals surface area (Å²) in [6.07, 6.45) is 0.0363. The van der Waals surface area contributed by atoms with Gasteiger partial charge in [-0.2, -0.15) is 0 Å². The van der Waals surface area contributed by atoms with E-state index in [1.165, 1.54) is 13.1 Å². The number of benzene rings is 1. The third-order valence-electron chi connectivity index (χ3n) is 6.53. The predicted octanol–water partition coefficient (Wildman–Crippen LogP) is 4.62. The fraction of sp³-hybridized carbons (Fsp3) is 0.444. The third kappa shape index (κ3) is 4.32. The molecule has 1 atom stereocenters. The van der Waals surface area contributed by atoms with Crippen LogP contribution in [-0.2, 0) is 23.0 Å². The fourth-order valence-electron chi connectivity index (χ4n) is 4.92. The lowest BCUT2D eigenvalue weighted by molar-refractivity contribution is -0.160. The quantitative estimate of drug-likeness (QED) is 0.533. The van der Waals surface area contributed by atoms with Crippen LogP contribution in [0.3, 0.4) is 0 Å². The van der Waals surface area contributed by atoms with Crippen molar-refractivity contribution in [2.45, 2.75) is 59.2 Å². The Kier molecular flexibility index (Phi) is 6.55. The molecule has 1 amide bonds. The summed E-state index contributed by atoms with van der Waals surface area (Å²) < 4.78 is 28.7. The molecule has 0 bridgehead atoms. The number of carbonyl (C=O) groups excluding carboxylic acids is 1. The van der Waals surface area contributed by atoms with Gasteiger partial charge in [-0.05, 0) is 70.7 Å². The highest BCUT2D eigenvalue weighted by Gasteiger charge is 2.34. The molecule has 2 N–H and O–H groups in total. The maximum Gasteiger partial charge on any atom is 0.337 e. The maximum atomic E-state index is 15.4. The molecule has 0 radical (unpaired) electrons. The van der Waals surface area contributed by atoms with Gasteiger partial charge in [0.05, 0.1) is 12.2 Å². The number of carbonyl (C=O) groups is 2. The van der Waals surface area contributed by atoms with E-state index in [4.69, 9.17) is 14.5 Å². The highest BCUT2D eigenvalue weighted by Crippen LogP contribution is 2.44. The van der Waals surface area contributed by atoms with Crippen LogP contribution in [0.2, 0.25) is 0 Å². The van der Waals surface area contributed by atoms with Crippen LogP contribution < -0.4 is 10.1 Å². The summed E-state index contributed by atoms with van der Waals surface area (Å²) in [6.45, 7) is 9.36. The van der Waals surface area contributed by atoms with E-state index in [0.717, 1.165) is 17.5 Å². The van der Waals surface area contributed by atoms with Crippen LogP contribution in [0.4, 0.5) is 4.39 Å². The zero-order valence-corrected chi connectivity index (χ0v) is 21.7. The van der Waals surface area contributed by atoms with Crippen molar-refractivity contribution in [2.24, 2.45) is 7.05 Å². The summed E-state index contributed by atoms with van der Waals surface area (Å²) >= 11 is 0. The summed E-state index contributed by atoms with van der Waals surface area (Å²) in [4.78, 5) is 29.8. The van der Waals surface area contributed by atoms with Crippen LogP contribution in [0, 0.1) is 19.7 Å². The van der Waals surface area contributed by atoms with Gasteiger partial charge in [0, 0.05) is 41.9 Å². The van der Waals surface area contributed by atoms with Crippen molar-refractivity contribution in [3.63, 3.8) is 0 Å². The van der Waals surface area contributed by atoms with E-state index in [1.807, 2.05) is 6.92 Å². The summed E-state index contributed by atoms with van der Waals surface area (Å²) in [5.41, 5.74) is 3.38. The number of nitrogens with zero attached hydrogens (tertiary/aromatic N) is 2. The monoisotopic (exact) mass is 497 g/mol. The van der Waals surface area contributed by atoms with Crippen LogP contribution in [0.25, 0.3) is 22.2 Å². The minimum Gasteiger partial charge on any atom is -0.490 e. The fourth-order valence-corrected chi connectivity index (χ4v) is 4.92. The standard InChI is InChI=1S/C27H32FN3O5/c1-13-15-9-8-10-35-22(15)18(28)11-16(13)21-17-12-19(25(32)29-6)31(7)24(17)30-14(2)20(21)23(26(33)34)36-27(3,4)5/h11-12,23H,8-10H2,1-7H3,(H,29,32)(H,33,34)/t23-/m0/s1. The lowest BCUT2D eigenvalue weighted by atomic mass is 9.86. The Morgan fingerprint density at radius 2 is 1.97 bits per heavy atom. The van der Waals surface area contributed by atoms with Crippen molar-refractivity contribution in [1.82, 2.24) is 14.9 Å². The van der Waals surface area contributed by atoms with Crippen LogP contribution in [0.5, 0.6) is 5.75 Å². The zero-order chi connectivity index (χ0) is 26.5. The Labute approximate surface area is 209 Å². The molecule has 1 aromatic carbocycles. The van der Waals surface area contributed by atoms with Crippen molar-refractivity contribution >= 4 is 22.9 Å². The van der Waals surface area contributed by atoms with E-state index in [2.05, 4.69) is 5.32 Å². The topological polar surface area (TPSA) is 103 Å². The van der Waals surface area contributed by atoms with Gasteiger partial charge in [0.15, 0.2) is 17.7 Å². The zero-order valence-electron chi connectivity index (χ0n) is 21.7. The molecule has 1 aliphatic heterocycles. The van der Waals surface area contributed by atoms with E-state index in [1.54, 1.807) is 45.4 Å². The lowest BCUT2D eigenvalue weighted by Crippen LogP contribution is -2.28. The number of carboxylic acid groups (broad SMARTS) is 1. The molecule has 0 aliphatic carbocycles. The Balaban J connectivity index is 2.16. The maximum absolute atomic E-state index is 15.4. The average molecular weight is 498 g/mol. The highest BCUT2D eigenvalue weighted by atomic mass is 19.1. The molecule has 9 heteroatoms. The second-order valence-electron chi connectivity index (χ2n) is 10.1. The second-order valence-corrected chi connectivity index (χ2v) is 10.1. The molecule has 1 aliphatic rings. The highest BCUT2D eigenvalue weighted by molar-refractivity contribution is 6.04. The van der Waals surface area contributed by atoms with Crippen LogP contribution >= 0.6 is 0 Å². The minimum atomic E-state index is -1.37. The summed E-state index contributed by atoms with van der Waals surface area (Å²) in [5.74, 6) is -1.77. The Hall–Kier alpha value is -3.46. The molecule has 192 valence electrons. The van der Waals surface area contributed by atoms with Gasteiger partial charge in [0.2, 0.25) is 0 Å². The number of aliphatic carboxylic acids is 1. The first-order chi connectivity index (χ1) is 16.9. The molecular weight excluding hydrogens is 465 g/mol. The number of aryl methyl sites for hydroxylation is 2. The van der Waals surface area contributed by atoms with Gasteiger partial charge in [0.25, 0.3) is 5.91 Å². The number of halogens is 1. The molecule has 4 rings (SSSR count). The van der Waals surface area contributed by atoms with Gasteiger partial charge in [0.1, 0.15) is 11.3 Å². The van der Waals surface area contributed by atoms with Crippen molar-refractivity contribution in [3.8, 4) is 16.9 Å². The van der Waals surface area contributed by atoms with E-state index < -0.39 is 23.5 Å². The van der Waals surface area contributed by atoms with Crippen molar-refractivity contribution < 1.29 is 28.6 Å². The molecule has 0 saturated carbocycles. The molecule has 3 aromatic rings. The number of amides is 1. The molecule has 0 saturated heterocycles. The SMILES string of the molecule is CNC(=O)c1cc2c(-c3cc(F)c4c(c3C)CCCO4)c([C@H](OC(C)(C)C)C(=O)O)c(C)nc2n1C.